The molecule has 138 valence electrons. The van der Waals surface area contributed by atoms with E-state index >= 15 is 0 Å². The number of benzene rings is 2. The Labute approximate surface area is 155 Å². The number of hydrogen-bond donors (Lipinski definition) is 1. The molecule has 2 aromatic rings. The molecule has 0 saturated carbocycles. The van der Waals surface area contributed by atoms with Crippen molar-refractivity contribution in [2.75, 3.05) is 46.2 Å². The molecule has 1 atom stereocenters. The van der Waals surface area contributed by atoms with Crippen LogP contribution in [0.2, 0.25) is 0 Å². The number of likely N-dealkylation sites (N-methyl/N-ethyl adjacent to an activating group) is 1. The van der Waals surface area contributed by atoms with Crippen LogP contribution in [-0.2, 0) is 6.42 Å². The Hall–Kier alpha value is -2.53. The molecule has 1 N–H and O–H groups in total. The molecule has 5 nitrogen and oxygen atoms in total. The summed E-state index contributed by atoms with van der Waals surface area (Å²) in [6, 6.07) is 14.1. The maximum absolute atomic E-state index is 12.6. The van der Waals surface area contributed by atoms with Crippen molar-refractivity contribution in [1.29, 1.82) is 0 Å². The van der Waals surface area contributed by atoms with Gasteiger partial charge in [-0.2, -0.15) is 0 Å². The molecule has 0 aliphatic carbocycles. The van der Waals surface area contributed by atoms with Gasteiger partial charge in [0.1, 0.15) is 5.75 Å². The van der Waals surface area contributed by atoms with Crippen LogP contribution in [0, 0.1) is 0 Å². The fourth-order valence-electron chi connectivity index (χ4n) is 3.23. The predicted molar refractivity (Wildman–Crippen MR) is 105 cm³/mol. The van der Waals surface area contributed by atoms with Gasteiger partial charge in [-0.25, -0.2) is 0 Å². The standard InChI is InChI=1S/C21H27N3O2/c1-23(2)18-7-5-6-17(13-18)21(25)22-14-19(24(3)4)15-8-9-20-16(12-15)10-11-26-20/h5-9,12-13,19H,10-11,14H2,1-4H3,(H,22,25). The van der Waals surface area contributed by atoms with E-state index in [-0.39, 0.29) is 11.9 Å². The molecule has 1 aliphatic heterocycles. The third kappa shape index (κ3) is 3.99. The number of nitrogens with one attached hydrogen (secondary N) is 1. The lowest BCUT2D eigenvalue weighted by atomic mass is 10.0. The molecule has 26 heavy (non-hydrogen) atoms. The first-order chi connectivity index (χ1) is 12.5. The van der Waals surface area contributed by atoms with Crippen molar-refractivity contribution < 1.29 is 9.53 Å². The lowest BCUT2D eigenvalue weighted by molar-refractivity contribution is 0.0942. The molecule has 2 aromatic carbocycles. The van der Waals surface area contributed by atoms with Gasteiger partial charge in [0.15, 0.2) is 0 Å². The van der Waals surface area contributed by atoms with Gasteiger partial charge in [-0.05, 0) is 49.5 Å². The van der Waals surface area contributed by atoms with Crippen molar-refractivity contribution in [1.82, 2.24) is 10.2 Å². The smallest absolute Gasteiger partial charge is 0.251 e. The highest BCUT2D eigenvalue weighted by Gasteiger charge is 2.19. The minimum absolute atomic E-state index is 0.0509. The van der Waals surface area contributed by atoms with Crippen molar-refractivity contribution in [3.63, 3.8) is 0 Å². The maximum atomic E-state index is 12.6. The number of fused-ring (bicyclic) bond motifs is 1. The number of nitrogens with zero attached hydrogens (tertiary/aromatic N) is 2. The predicted octanol–water partition coefficient (Wildman–Crippen LogP) is 2.72. The number of rotatable bonds is 6. The minimum Gasteiger partial charge on any atom is -0.493 e. The third-order valence-corrected chi connectivity index (χ3v) is 4.80. The average Bonchev–Trinajstić information content (AvgIpc) is 3.09. The van der Waals surface area contributed by atoms with Crippen molar-refractivity contribution in [3.05, 3.63) is 59.2 Å². The van der Waals surface area contributed by atoms with Crippen LogP contribution in [0.25, 0.3) is 0 Å². The van der Waals surface area contributed by atoms with Crippen LogP contribution >= 0.6 is 0 Å². The van der Waals surface area contributed by atoms with E-state index in [2.05, 4.69) is 22.3 Å². The highest BCUT2D eigenvalue weighted by atomic mass is 16.5. The Morgan fingerprint density at radius 3 is 2.69 bits per heavy atom. The number of carbonyl (C=O) groups excluding carboxylic acids is 1. The highest BCUT2D eigenvalue weighted by Crippen LogP contribution is 2.29. The molecule has 3 rings (SSSR count). The van der Waals surface area contributed by atoms with Crippen LogP contribution < -0.4 is 15.0 Å². The van der Waals surface area contributed by atoms with Gasteiger partial charge in [0.2, 0.25) is 0 Å². The summed E-state index contributed by atoms with van der Waals surface area (Å²) in [5.74, 6) is 0.931. The Morgan fingerprint density at radius 1 is 1.15 bits per heavy atom. The summed E-state index contributed by atoms with van der Waals surface area (Å²) in [7, 11) is 8.01. The Balaban J connectivity index is 1.71. The molecule has 1 amide bonds. The zero-order chi connectivity index (χ0) is 18.7. The molecule has 0 fully saturated rings. The van der Waals surface area contributed by atoms with Gasteiger partial charge in [-0.1, -0.05) is 18.2 Å². The molecule has 0 saturated heterocycles. The van der Waals surface area contributed by atoms with Crippen molar-refractivity contribution in [2.45, 2.75) is 12.5 Å². The van der Waals surface area contributed by atoms with Crippen LogP contribution in [0.1, 0.15) is 27.5 Å². The largest absolute Gasteiger partial charge is 0.493 e. The molecule has 1 aliphatic rings. The third-order valence-electron chi connectivity index (χ3n) is 4.80. The second-order valence-electron chi connectivity index (χ2n) is 7.10. The van der Waals surface area contributed by atoms with Crippen LogP contribution in [-0.4, -0.2) is 52.1 Å². The maximum Gasteiger partial charge on any atom is 0.251 e. The summed E-state index contributed by atoms with van der Waals surface area (Å²) in [5.41, 5.74) is 4.14. The van der Waals surface area contributed by atoms with Crippen molar-refractivity contribution in [3.8, 4) is 5.75 Å². The molecular formula is C21H27N3O2. The SMILES string of the molecule is CN(C)c1cccc(C(=O)NCC(c2ccc3c(c2)CCO3)N(C)C)c1. The monoisotopic (exact) mass is 353 g/mol. The van der Waals surface area contributed by atoms with E-state index in [1.54, 1.807) is 0 Å². The van der Waals surface area contributed by atoms with Gasteiger partial charge in [-0.15, -0.1) is 0 Å². The Kier molecular flexibility index (Phi) is 5.47. The fraction of sp³-hybridized carbons (Fsp3) is 0.381. The van der Waals surface area contributed by atoms with Crippen molar-refractivity contribution in [2.24, 2.45) is 0 Å². The van der Waals surface area contributed by atoms with Gasteiger partial charge in [0.25, 0.3) is 5.91 Å². The molecule has 1 heterocycles. The van der Waals surface area contributed by atoms with Gasteiger partial charge in [-0.3, -0.25) is 4.79 Å². The normalized spacial score (nSPS) is 13.9. The summed E-state index contributed by atoms with van der Waals surface area (Å²) in [6.45, 7) is 1.31. The van der Waals surface area contributed by atoms with E-state index in [1.165, 1.54) is 11.1 Å². The Bertz CT molecular complexity index is 787. The zero-order valence-electron chi connectivity index (χ0n) is 16.0. The van der Waals surface area contributed by atoms with Gasteiger partial charge in [0, 0.05) is 38.3 Å². The molecule has 0 radical (unpaired) electrons. The number of ether oxygens (including phenoxy) is 1. The molecule has 1 unspecified atom stereocenters. The first-order valence-electron chi connectivity index (χ1n) is 8.93. The molecule has 5 heteroatoms. The number of amides is 1. The minimum atomic E-state index is -0.0509. The van der Waals surface area contributed by atoms with E-state index in [0.29, 0.717) is 12.1 Å². The van der Waals surface area contributed by atoms with E-state index < -0.39 is 0 Å². The van der Waals surface area contributed by atoms with E-state index in [4.69, 9.17) is 4.74 Å². The summed E-state index contributed by atoms with van der Waals surface area (Å²) in [5, 5.41) is 3.08. The highest BCUT2D eigenvalue weighted by molar-refractivity contribution is 5.95. The quantitative estimate of drug-likeness (QED) is 0.867. The summed E-state index contributed by atoms with van der Waals surface area (Å²) >= 11 is 0. The van der Waals surface area contributed by atoms with Crippen LogP contribution in [0.15, 0.2) is 42.5 Å². The molecule has 0 aromatic heterocycles. The van der Waals surface area contributed by atoms with Crippen molar-refractivity contribution >= 4 is 11.6 Å². The zero-order valence-corrected chi connectivity index (χ0v) is 16.0. The van der Waals surface area contributed by atoms with E-state index in [1.807, 2.05) is 63.4 Å². The average molecular weight is 353 g/mol. The van der Waals surface area contributed by atoms with Crippen LogP contribution in [0.5, 0.6) is 5.75 Å². The second kappa shape index (κ2) is 7.79. The van der Waals surface area contributed by atoms with Crippen LogP contribution in [0.3, 0.4) is 0 Å². The lowest BCUT2D eigenvalue weighted by Gasteiger charge is -2.25. The number of hydrogen-bond acceptors (Lipinski definition) is 4. The van der Waals surface area contributed by atoms with Gasteiger partial charge in [0.05, 0.1) is 12.6 Å². The van der Waals surface area contributed by atoms with E-state index in [0.717, 1.165) is 24.5 Å². The molecule has 0 spiro atoms. The number of carbonyl (C=O) groups is 1. The second-order valence-corrected chi connectivity index (χ2v) is 7.10. The summed E-state index contributed by atoms with van der Waals surface area (Å²) in [4.78, 5) is 16.7. The van der Waals surface area contributed by atoms with Crippen LogP contribution in [0.4, 0.5) is 5.69 Å². The first kappa shape index (κ1) is 18.3. The lowest BCUT2D eigenvalue weighted by Crippen LogP contribution is -2.34. The first-order valence-corrected chi connectivity index (χ1v) is 8.93. The molecule has 0 bridgehead atoms. The summed E-state index contributed by atoms with van der Waals surface area (Å²) < 4.78 is 5.59. The number of anilines is 1. The van der Waals surface area contributed by atoms with Gasteiger partial charge < -0.3 is 19.9 Å². The fourth-order valence-corrected chi connectivity index (χ4v) is 3.23. The topological polar surface area (TPSA) is 44.8 Å². The van der Waals surface area contributed by atoms with E-state index in [9.17, 15) is 4.79 Å². The summed E-state index contributed by atoms with van der Waals surface area (Å²) in [6.07, 6.45) is 0.951. The van der Waals surface area contributed by atoms with Gasteiger partial charge >= 0.3 is 0 Å². The Morgan fingerprint density at radius 2 is 1.96 bits per heavy atom. The molecular weight excluding hydrogens is 326 g/mol.